The second-order valence-electron chi connectivity index (χ2n) is 7.68. The van der Waals surface area contributed by atoms with Crippen LogP contribution < -0.4 is 9.47 Å². The fourth-order valence-electron chi connectivity index (χ4n) is 2.98. The lowest BCUT2D eigenvalue weighted by molar-refractivity contribution is 0.0990. The predicted octanol–water partition coefficient (Wildman–Crippen LogP) is 7.59. The van der Waals surface area contributed by atoms with Crippen LogP contribution in [0, 0.1) is 15.2 Å². The van der Waals surface area contributed by atoms with Crippen molar-refractivity contribution in [3.8, 4) is 11.5 Å². The summed E-state index contributed by atoms with van der Waals surface area (Å²) in [7, 11) is 3.26. The van der Waals surface area contributed by atoms with Crippen molar-refractivity contribution in [1.82, 2.24) is 0 Å². The highest BCUT2D eigenvalue weighted by Crippen LogP contribution is 2.15. The van der Waals surface area contributed by atoms with Crippen molar-refractivity contribution in [3.05, 3.63) is 129 Å². The van der Waals surface area contributed by atoms with Gasteiger partial charge >= 0.3 is 0 Å². The molecule has 4 aromatic rings. The summed E-state index contributed by atoms with van der Waals surface area (Å²) >= 11 is 2.25. The van der Waals surface area contributed by atoms with Gasteiger partial charge in [0.1, 0.15) is 23.1 Å². The molecule has 0 unspecified atom stereocenters. The van der Waals surface area contributed by atoms with Gasteiger partial charge in [0.15, 0.2) is 11.6 Å². The topological polar surface area (TPSA) is 52.6 Å². The third-order valence-electron chi connectivity index (χ3n) is 4.95. The van der Waals surface area contributed by atoms with Crippen LogP contribution in [0.2, 0.25) is 0 Å². The molecule has 37 heavy (non-hydrogen) atoms. The van der Waals surface area contributed by atoms with Crippen molar-refractivity contribution in [1.29, 1.82) is 0 Å². The smallest absolute Gasteiger partial charge is 0.167 e. The van der Waals surface area contributed by atoms with Gasteiger partial charge in [-0.25, -0.2) is 8.78 Å². The third kappa shape index (κ3) is 10.9. The number of ketones is 2. The second kappa shape index (κ2) is 15.5. The monoisotopic (exact) mass is 616 g/mol. The van der Waals surface area contributed by atoms with Crippen LogP contribution in [-0.4, -0.2) is 25.8 Å². The Balaban J connectivity index is 0.000000214. The molecule has 0 aliphatic carbocycles. The van der Waals surface area contributed by atoms with Crippen molar-refractivity contribution in [2.24, 2.45) is 0 Å². The van der Waals surface area contributed by atoms with Crippen molar-refractivity contribution in [2.75, 3.05) is 14.2 Å². The quantitative estimate of drug-likeness (QED) is 0.166. The minimum atomic E-state index is -0.340. The maximum absolute atomic E-state index is 12.7. The molecule has 0 fully saturated rings. The molecule has 0 radical (unpaired) electrons. The van der Waals surface area contributed by atoms with Crippen molar-refractivity contribution < 1.29 is 27.8 Å². The van der Waals surface area contributed by atoms with E-state index in [9.17, 15) is 18.4 Å². The van der Waals surface area contributed by atoms with Gasteiger partial charge in [-0.05, 0) is 114 Å². The maximum Gasteiger partial charge on any atom is 0.167 e. The molecule has 0 atom stereocenters. The molecule has 4 nitrogen and oxygen atoms in total. The molecule has 4 rings (SSSR count). The number of methoxy groups -OCH3 is 2. The number of rotatable bonds is 6. The fourth-order valence-corrected chi connectivity index (χ4v) is 3.50. The minimum Gasteiger partial charge on any atom is -0.497 e. The highest BCUT2D eigenvalue weighted by Gasteiger charge is 2.07. The standard InChI is InChI=1S/C15H13FO2.C8H7FO.C7H7IO/c1-18-14-4-2-3-11(9-14)10-15(17)12-5-7-13(16)8-6-12;1-6(10)7-2-4-8(9)5-3-7;1-9-7-4-2-3-6(8)5-7/h2-9H,10H2,1H3;2-5H,1H3;2-5H,1H3. The summed E-state index contributed by atoms with van der Waals surface area (Å²) in [5.41, 5.74) is 1.93. The van der Waals surface area contributed by atoms with E-state index in [-0.39, 0.29) is 29.6 Å². The number of halogens is 3. The van der Waals surface area contributed by atoms with E-state index in [2.05, 4.69) is 22.6 Å². The summed E-state index contributed by atoms with van der Waals surface area (Å²) in [5, 5.41) is 0. The molecule has 0 aromatic heterocycles. The summed E-state index contributed by atoms with van der Waals surface area (Å²) in [5.74, 6) is 0.905. The minimum absolute atomic E-state index is 0.0387. The summed E-state index contributed by atoms with van der Waals surface area (Å²) in [4.78, 5) is 22.6. The van der Waals surface area contributed by atoms with Gasteiger partial charge in [-0.1, -0.05) is 18.2 Å². The Bertz CT molecular complexity index is 1290. The van der Waals surface area contributed by atoms with E-state index in [0.29, 0.717) is 11.1 Å². The first-order valence-corrected chi connectivity index (χ1v) is 12.3. The van der Waals surface area contributed by atoms with Crippen LogP contribution in [0.3, 0.4) is 0 Å². The Morgan fingerprint density at radius 3 is 1.65 bits per heavy atom. The van der Waals surface area contributed by atoms with Crippen LogP contribution >= 0.6 is 22.6 Å². The molecule has 0 bridgehead atoms. The van der Waals surface area contributed by atoms with E-state index in [1.165, 1.54) is 59.0 Å². The molecule has 0 saturated heterocycles. The molecule has 4 aromatic carbocycles. The fraction of sp³-hybridized carbons (Fsp3) is 0.133. The van der Waals surface area contributed by atoms with Gasteiger partial charge in [0, 0.05) is 21.1 Å². The molecule has 192 valence electrons. The van der Waals surface area contributed by atoms with Crippen LogP contribution in [-0.2, 0) is 6.42 Å². The van der Waals surface area contributed by atoms with E-state index in [0.717, 1.165) is 17.1 Å². The lowest BCUT2D eigenvalue weighted by Crippen LogP contribution is -2.03. The molecular formula is C30H27F2IO4. The summed E-state index contributed by atoms with van der Waals surface area (Å²) in [6.07, 6.45) is 0.281. The highest BCUT2D eigenvalue weighted by molar-refractivity contribution is 14.1. The second-order valence-corrected chi connectivity index (χ2v) is 8.93. The van der Waals surface area contributed by atoms with E-state index < -0.39 is 0 Å². The zero-order valence-electron chi connectivity index (χ0n) is 20.7. The Labute approximate surface area is 229 Å². The van der Waals surface area contributed by atoms with E-state index in [4.69, 9.17) is 9.47 Å². The summed E-state index contributed by atoms with van der Waals surface area (Å²) in [6.45, 7) is 1.45. The van der Waals surface area contributed by atoms with Gasteiger partial charge in [0.25, 0.3) is 0 Å². The predicted molar refractivity (Wildman–Crippen MR) is 150 cm³/mol. The molecule has 0 heterocycles. The van der Waals surface area contributed by atoms with Crippen LogP contribution in [0.15, 0.2) is 97.1 Å². The zero-order chi connectivity index (χ0) is 27.2. The Morgan fingerprint density at radius 2 is 1.19 bits per heavy atom. The molecule has 7 heteroatoms. The molecule has 0 saturated carbocycles. The number of Topliss-reactive ketones (excluding diaryl/α,β-unsaturated/α-hetero) is 2. The number of hydrogen-bond acceptors (Lipinski definition) is 4. The Kier molecular flexibility index (Phi) is 12.4. The largest absolute Gasteiger partial charge is 0.497 e. The lowest BCUT2D eigenvalue weighted by Gasteiger charge is -2.04. The van der Waals surface area contributed by atoms with Gasteiger partial charge in [0.2, 0.25) is 0 Å². The molecule has 0 aliphatic heterocycles. The van der Waals surface area contributed by atoms with E-state index >= 15 is 0 Å². The normalized spacial score (nSPS) is 9.68. The van der Waals surface area contributed by atoms with Gasteiger partial charge in [0.05, 0.1) is 14.2 Å². The van der Waals surface area contributed by atoms with Crippen LogP contribution in [0.4, 0.5) is 8.78 Å². The SMILES string of the molecule is CC(=O)c1ccc(F)cc1.COc1cccc(CC(=O)c2ccc(F)cc2)c1.COc1cccc(I)c1. The van der Waals surface area contributed by atoms with Crippen molar-refractivity contribution in [2.45, 2.75) is 13.3 Å². The van der Waals surface area contributed by atoms with Crippen LogP contribution in [0.5, 0.6) is 11.5 Å². The summed E-state index contributed by atoms with van der Waals surface area (Å²) < 4.78 is 36.3. The van der Waals surface area contributed by atoms with Crippen molar-refractivity contribution in [3.63, 3.8) is 0 Å². The first kappa shape index (κ1) is 29.6. The Hall–Kier alpha value is -3.59. The third-order valence-corrected chi connectivity index (χ3v) is 5.62. The molecule has 0 N–H and O–H groups in total. The number of carbonyl (C=O) groups excluding carboxylic acids is 2. The molecule has 0 amide bonds. The van der Waals surface area contributed by atoms with Gasteiger partial charge < -0.3 is 9.47 Å². The zero-order valence-corrected chi connectivity index (χ0v) is 22.9. The number of carbonyl (C=O) groups is 2. The maximum atomic E-state index is 12.7. The van der Waals surface area contributed by atoms with E-state index in [1.54, 1.807) is 14.2 Å². The lowest BCUT2D eigenvalue weighted by atomic mass is 10.0. The van der Waals surface area contributed by atoms with Crippen LogP contribution in [0.1, 0.15) is 33.2 Å². The average Bonchev–Trinajstić information content (AvgIpc) is 2.90. The first-order chi connectivity index (χ1) is 17.7. The number of benzene rings is 4. The van der Waals surface area contributed by atoms with Crippen LogP contribution in [0.25, 0.3) is 0 Å². The van der Waals surface area contributed by atoms with E-state index in [1.807, 2.05) is 48.5 Å². The average molecular weight is 616 g/mol. The first-order valence-electron chi connectivity index (χ1n) is 11.2. The molecule has 0 spiro atoms. The van der Waals surface area contributed by atoms with Gasteiger partial charge in [-0.3, -0.25) is 9.59 Å². The number of ether oxygens (including phenoxy) is 2. The highest BCUT2D eigenvalue weighted by atomic mass is 127. The summed E-state index contributed by atoms with van der Waals surface area (Å²) in [6, 6.07) is 26.3. The van der Waals surface area contributed by atoms with Gasteiger partial charge in [-0.15, -0.1) is 0 Å². The number of hydrogen-bond donors (Lipinski definition) is 0. The van der Waals surface area contributed by atoms with Crippen molar-refractivity contribution >= 4 is 34.2 Å². The van der Waals surface area contributed by atoms with Gasteiger partial charge in [-0.2, -0.15) is 0 Å². The molecule has 0 aliphatic rings. The molecular weight excluding hydrogens is 589 g/mol. The Morgan fingerprint density at radius 1 is 0.703 bits per heavy atom.